The van der Waals surface area contributed by atoms with Gasteiger partial charge in [-0.25, -0.2) is 0 Å². The maximum atomic E-state index is 10.6. The van der Waals surface area contributed by atoms with Crippen LogP contribution < -0.4 is 14.8 Å². The van der Waals surface area contributed by atoms with Gasteiger partial charge < -0.3 is 29.7 Å². The van der Waals surface area contributed by atoms with Crippen LogP contribution in [-0.2, 0) is 11.2 Å². The molecule has 24 heavy (non-hydrogen) atoms. The molecular weight excluding hydrogens is 310 g/mol. The molecule has 6 nitrogen and oxygen atoms in total. The Balaban J connectivity index is 1.98. The standard InChI is InChI=1S/C18H23NO5/c1-22-13-7-9-5-6-19-16-14(9)15(18(13)23-2)12-4-3-10(20)8-11(21)17(16)24-12/h4,7,10-11,16-17,19-21H,3,5-6,8H2,1-2H3/b12-4-/t10-,11+,16+,17+/m0/s1. The Labute approximate surface area is 141 Å². The molecule has 1 aromatic carbocycles. The van der Waals surface area contributed by atoms with Crippen molar-refractivity contribution < 1.29 is 24.4 Å². The fourth-order valence-electron chi connectivity index (χ4n) is 4.09. The molecule has 3 aliphatic rings. The molecule has 0 fully saturated rings. The van der Waals surface area contributed by atoms with Gasteiger partial charge in [0.15, 0.2) is 11.5 Å². The number of nitrogens with one attached hydrogen (secondary N) is 1. The highest BCUT2D eigenvalue weighted by Gasteiger charge is 2.44. The Morgan fingerprint density at radius 2 is 2.08 bits per heavy atom. The van der Waals surface area contributed by atoms with Crippen molar-refractivity contribution in [1.29, 1.82) is 0 Å². The van der Waals surface area contributed by atoms with E-state index in [1.807, 2.05) is 12.1 Å². The van der Waals surface area contributed by atoms with Crippen molar-refractivity contribution in [2.75, 3.05) is 20.8 Å². The van der Waals surface area contributed by atoms with Gasteiger partial charge in [0, 0.05) is 6.42 Å². The van der Waals surface area contributed by atoms with E-state index in [-0.39, 0.29) is 6.04 Å². The van der Waals surface area contributed by atoms with Crippen molar-refractivity contribution in [2.24, 2.45) is 0 Å². The highest BCUT2D eigenvalue weighted by molar-refractivity contribution is 5.76. The fourth-order valence-corrected chi connectivity index (χ4v) is 4.09. The summed E-state index contributed by atoms with van der Waals surface area (Å²) >= 11 is 0. The molecule has 0 radical (unpaired) electrons. The highest BCUT2D eigenvalue weighted by Crippen LogP contribution is 2.50. The van der Waals surface area contributed by atoms with Gasteiger partial charge in [-0.15, -0.1) is 0 Å². The van der Waals surface area contributed by atoms with E-state index in [1.54, 1.807) is 14.2 Å². The van der Waals surface area contributed by atoms with Crippen LogP contribution in [0.1, 0.15) is 35.6 Å². The summed E-state index contributed by atoms with van der Waals surface area (Å²) in [5.74, 6) is 1.97. The second-order valence-corrected chi connectivity index (χ2v) is 6.59. The van der Waals surface area contributed by atoms with Crippen molar-refractivity contribution in [3.05, 3.63) is 28.8 Å². The van der Waals surface area contributed by atoms with Crippen molar-refractivity contribution in [3.63, 3.8) is 0 Å². The lowest BCUT2D eigenvalue weighted by Gasteiger charge is -2.43. The second kappa shape index (κ2) is 5.95. The molecule has 3 aliphatic heterocycles. The van der Waals surface area contributed by atoms with Crippen molar-refractivity contribution in [3.8, 4) is 11.5 Å². The summed E-state index contributed by atoms with van der Waals surface area (Å²) in [6, 6.07) is 1.90. The molecule has 2 bridgehead atoms. The average molecular weight is 333 g/mol. The molecule has 0 spiro atoms. The lowest BCUT2D eigenvalue weighted by Crippen LogP contribution is -2.48. The Kier molecular flexibility index (Phi) is 3.90. The van der Waals surface area contributed by atoms with Crippen LogP contribution in [0.3, 0.4) is 0 Å². The number of ether oxygens (including phenoxy) is 3. The Bertz CT molecular complexity index is 686. The number of aliphatic hydroxyl groups excluding tert-OH is 2. The Morgan fingerprint density at radius 3 is 2.83 bits per heavy atom. The van der Waals surface area contributed by atoms with Gasteiger partial charge in [0.1, 0.15) is 11.9 Å². The van der Waals surface area contributed by atoms with Gasteiger partial charge in [0.05, 0.1) is 38.0 Å². The van der Waals surface area contributed by atoms with Gasteiger partial charge in [-0.05, 0) is 42.7 Å². The summed E-state index contributed by atoms with van der Waals surface area (Å²) in [4.78, 5) is 0. The quantitative estimate of drug-likeness (QED) is 0.753. The predicted molar refractivity (Wildman–Crippen MR) is 88.1 cm³/mol. The molecule has 0 saturated heterocycles. The van der Waals surface area contributed by atoms with Crippen LogP contribution in [0.15, 0.2) is 12.1 Å². The van der Waals surface area contributed by atoms with Crippen molar-refractivity contribution in [2.45, 2.75) is 43.6 Å². The average Bonchev–Trinajstić information content (AvgIpc) is 2.59. The number of benzene rings is 1. The van der Waals surface area contributed by atoms with E-state index in [4.69, 9.17) is 14.2 Å². The smallest absolute Gasteiger partial charge is 0.172 e. The Hall–Kier alpha value is -1.76. The van der Waals surface area contributed by atoms with E-state index in [2.05, 4.69) is 5.32 Å². The minimum absolute atomic E-state index is 0.124. The zero-order valence-electron chi connectivity index (χ0n) is 13.9. The zero-order chi connectivity index (χ0) is 16.8. The van der Waals surface area contributed by atoms with E-state index in [0.717, 1.165) is 24.1 Å². The summed E-state index contributed by atoms with van der Waals surface area (Å²) in [6.45, 7) is 0.806. The summed E-state index contributed by atoms with van der Waals surface area (Å²) in [6.07, 6.45) is 1.80. The highest BCUT2D eigenvalue weighted by atomic mass is 16.5. The van der Waals surface area contributed by atoms with Gasteiger partial charge in [-0.1, -0.05) is 0 Å². The monoisotopic (exact) mass is 333 g/mol. The Morgan fingerprint density at radius 1 is 1.25 bits per heavy atom. The van der Waals surface area contributed by atoms with Gasteiger partial charge in [-0.2, -0.15) is 0 Å². The predicted octanol–water partition coefficient (Wildman–Crippen LogP) is 1.15. The van der Waals surface area contributed by atoms with Crippen LogP contribution in [0.4, 0.5) is 0 Å². The second-order valence-electron chi connectivity index (χ2n) is 6.59. The van der Waals surface area contributed by atoms with Crippen molar-refractivity contribution >= 4 is 5.76 Å². The number of hydrogen-bond donors (Lipinski definition) is 3. The molecule has 3 heterocycles. The molecule has 4 rings (SSSR count). The van der Waals surface area contributed by atoms with Gasteiger partial charge in [0.2, 0.25) is 0 Å². The van der Waals surface area contributed by atoms with Crippen LogP contribution in [-0.4, -0.2) is 49.3 Å². The minimum Gasteiger partial charge on any atom is -0.493 e. The molecule has 0 aliphatic carbocycles. The normalized spacial score (nSPS) is 33.2. The SMILES string of the molecule is COc1cc2c3c(c1OC)/C1=C/C[C@H](O)C[C@@H](O)[C@@H](O1)[C@@H]3NCC2. The first kappa shape index (κ1) is 15.7. The number of methoxy groups -OCH3 is 2. The molecule has 130 valence electrons. The maximum Gasteiger partial charge on any atom is 0.172 e. The first-order valence-corrected chi connectivity index (χ1v) is 8.38. The lowest BCUT2D eigenvalue weighted by molar-refractivity contribution is -0.0393. The molecule has 3 N–H and O–H groups in total. The third kappa shape index (κ3) is 2.29. The molecule has 4 atom stereocenters. The van der Waals surface area contributed by atoms with Gasteiger partial charge >= 0.3 is 0 Å². The topological polar surface area (TPSA) is 80.2 Å². The largest absolute Gasteiger partial charge is 0.493 e. The fraction of sp³-hybridized carbons (Fsp3) is 0.556. The van der Waals surface area contributed by atoms with Gasteiger partial charge in [0.25, 0.3) is 0 Å². The van der Waals surface area contributed by atoms with E-state index in [9.17, 15) is 10.2 Å². The molecule has 1 aromatic rings. The first-order chi connectivity index (χ1) is 11.6. The molecule has 0 amide bonds. The zero-order valence-corrected chi connectivity index (χ0v) is 13.9. The van der Waals surface area contributed by atoms with Gasteiger partial charge in [-0.3, -0.25) is 0 Å². The number of fused-ring (bicyclic) bond motifs is 4. The van der Waals surface area contributed by atoms with Crippen LogP contribution in [0, 0.1) is 0 Å². The third-order valence-electron chi connectivity index (χ3n) is 5.17. The molecule has 0 saturated carbocycles. The summed E-state index contributed by atoms with van der Waals surface area (Å²) in [5, 5.41) is 24.1. The van der Waals surface area contributed by atoms with E-state index < -0.39 is 18.3 Å². The van der Waals surface area contributed by atoms with Crippen LogP contribution in [0.25, 0.3) is 5.76 Å². The summed E-state index contributed by atoms with van der Waals surface area (Å²) in [7, 11) is 3.24. The molecule has 6 heteroatoms. The summed E-state index contributed by atoms with van der Waals surface area (Å²) < 4.78 is 17.3. The number of hydrogen-bond acceptors (Lipinski definition) is 6. The molecular formula is C18H23NO5. The molecule has 0 unspecified atom stereocenters. The maximum absolute atomic E-state index is 10.6. The lowest BCUT2D eigenvalue weighted by atomic mass is 9.80. The number of aliphatic hydroxyl groups is 2. The third-order valence-corrected chi connectivity index (χ3v) is 5.17. The minimum atomic E-state index is -0.728. The van der Waals surface area contributed by atoms with E-state index in [0.29, 0.717) is 30.1 Å². The first-order valence-electron chi connectivity index (χ1n) is 8.38. The van der Waals surface area contributed by atoms with E-state index >= 15 is 0 Å². The van der Waals surface area contributed by atoms with E-state index in [1.165, 1.54) is 5.56 Å². The van der Waals surface area contributed by atoms with Crippen molar-refractivity contribution in [1.82, 2.24) is 5.32 Å². The van der Waals surface area contributed by atoms with Crippen LogP contribution in [0.2, 0.25) is 0 Å². The van der Waals surface area contributed by atoms with Crippen LogP contribution >= 0.6 is 0 Å². The van der Waals surface area contributed by atoms with Crippen LogP contribution in [0.5, 0.6) is 11.5 Å². The molecule has 0 aromatic heterocycles. The number of rotatable bonds is 2. The summed E-state index contributed by atoms with van der Waals surface area (Å²) in [5.41, 5.74) is 3.19.